The summed E-state index contributed by atoms with van der Waals surface area (Å²) < 4.78 is 28.5. The smallest absolute Gasteiger partial charge is 0.335 e. The number of aromatic carboxylic acids is 1. The number of carbonyl (C=O) groups excluding carboxylic acids is 1. The summed E-state index contributed by atoms with van der Waals surface area (Å²) in [5.74, 6) is -1.16. The van der Waals surface area contributed by atoms with Gasteiger partial charge in [0.2, 0.25) is 0 Å². The number of aryl methyl sites for hydroxylation is 1. The number of hydrogen-bond acceptors (Lipinski definition) is 5. The normalized spacial score (nSPS) is 13.1. The number of amides is 1. The molecule has 0 fully saturated rings. The van der Waals surface area contributed by atoms with Crippen molar-refractivity contribution in [1.29, 1.82) is 0 Å². The minimum atomic E-state index is -3.97. The molecule has 0 bridgehead atoms. The van der Waals surface area contributed by atoms with E-state index in [0.29, 0.717) is 29.0 Å². The lowest BCUT2D eigenvalue weighted by atomic mass is 10.1. The van der Waals surface area contributed by atoms with E-state index in [9.17, 15) is 23.1 Å². The Labute approximate surface area is 167 Å². The average Bonchev–Trinajstić information content (AvgIpc) is 3.08. The van der Waals surface area contributed by atoms with Gasteiger partial charge in [0, 0.05) is 24.7 Å². The van der Waals surface area contributed by atoms with E-state index in [-0.39, 0.29) is 15.7 Å². The van der Waals surface area contributed by atoms with E-state index >= 15 is 0 Å². The molecule has 0 unspecified atom stereocenters. The van der Waals surface area contributed by atoms with Gasteiger partial charge in [-0.2, -0.15) is 0 Å². The summed E-state index contributed by atoms with van der Waals surface area (Å²) >= 11 is 0.989. The summed E-state index contributed by atoms with van der Waals surface area (Å²) in [6.07, 6.45) is 2.05. The highest BCUT2D eigenvalue weighted by Gasteiger charge is 2.26. The number of nitrogens with zero attached hydrogens (tertiary/aromatic N) is 1. The van der Waals surface area contributed by atoms with Gasteiger partial charge in [0.25, 0.3) is 15.3 Å². The highest BCUT2D eigenvalue weighted by molar-refractivity contribution is 8.13. The molecule has 0 saturated heterocycles. The Balaban J connectivity index is 1.93. The molecule has 0 aliphatic heterocycles. The average molecular weight is 421 g/mol. The maximum atomic E-state index is 13.0. The largest absolute Gasteiger partial charge is 0.478 e. The van der Waals surface area contributed by atoms with E-state index in [0.717, 1.165) is 23.7 Å². The minimum Gasteiger partial charge on any atom is -0.478 e. The van der Waals surface area contributed by atoms with E-state index < -0.39 is 16.0 Å². The summed E-state index contributed by atoms with van der Waals surface area (Å²) in [7, 11) is -0.700. The van der Waals surface area contributed by atoms with Crippen LogP contribution in [0, 0.1) is 0 Å². The topological polar surface area (TPSA) is 104 Å². The van der Waals surface area contributed by atoms with Crippen molar-refractivity contribution in [1.82, 2.24) is 4.90 Å². The highest BCUT2D eigenvalue weighted by atomic mass is 32.2. The van der Waals surface area contributed by atoms with Crippen LogP contribution >= 0.6 is 11.8 Å². The zero-order valence-corrected chi connectivity index (χ0v) is 17.1. The van der Waals surface area contributed by atoms with Crippen LogP contribution in [-0.2, 0) is 22.9 Å². The first kappa shape index (κ1) is 20.2. The molecule has 9 heteroatoms. The van der Waals surface area contributed by atoms with Crippen molar-refractivity contribution in [2.45, 2.75) is 29.1 Å². The highest BCUT2D eigenvalue weighted by Crippen LogP contribution is 2.32. The zero-order valence-electron chi connectivity index (χ0n) is 15.4. The van der Waals surface area contributed by atoms with Gasteiger partial charge in [-0.1, -0.05) is 6.07 Å². The van der Waals surface area contributed by atoms with Crippen LogP contribution in [0.15, 0.2) is 46.2 Å². The lowest BCUT2D eigenvalue weighted by Crippen LogP contribution is -2.17. The fourth-order valence-electron chi connectivity index (χ4n) is 3.05. The molecule has 1 amide bonds. The lowest BCUT2D eigenvalue weighted by molar-refractivity contribution is 0.0696. The summed E-state index contributed by atoms with van der Waals surface area (Å²) in [5, 5.41) is 9.13. The fourth-order valence-corrected chi connectivity index (χ4v) is 5.16. The minimum absolute atomic E-state index is 0.00215. The van der Waals surface area contributed by atoms with Gasteiger partial charge in [-0.15, -0.1) is 0 Å². The van der Waals surface area contributed by atoms with E-state index in [1.807, 2.05) is 0 Å². The number of fused-ring (bicyclic) bond motifs is 1. The fraction of sp³-hybridized carbons (Fsp3) is 0.263. The van der Waals surface area contributed by atoms with Crippen LogP contribution in [0.1, 0.15) is 27.9 Å². The third kappa shape index (κ3) is 4.31. The van der Waals surface area contributed by atoms with Crippen molar-refractivity contribution in [3.05, 3.63) is 53.1 Å². The van der Waals surface area contributed by atoms with Crippen LogP contribution in [0.25, 0.3) is 0 Å². The van der Waals surface area contributed by atoms with E-state index in [2.05, 4.69) is 4.72 Å². The van der Waals surface area contributed by atoms with Crippen molar-refractivity contribution >= 4 is 38.7 Å². The first-order chi connectivity index (χ1) is 13.2. The van der Waals surface area contributed by atoms with Crippen molar-refractivity contribution in [2.24, 2.45) is 0 Å². The Bertz CT molecular complexity index is 1050. The molecule has 28 heavy (non-hydrogen) atoms. The van der Waals surface area contributed by atoms with Gasteiger partial charge in [0.05, 0.1) is 10.5 Å². The zero-order chi connectivity index (χ0) is 20.5. The maximum absolute atomic E-state index is 13.0. The van der Waals surface area contributed by atoms with Crippen molar-refractivity contribution < 1.29 is 23.1 Å². The number of carboxylic acids is 1. The van der Waals surface area contributed by atoms with E-state index in [1.54, 1.807) is 44.4 Å². The summed E-state index contributed by atoms with van der Waals surface area (Å²) in [5.41, 5.74) is 1.71. The summed E-state index contributed by atoms with van der Waals surface area (Å²) in [4.78, 5) is 25.3. The second-order valence-corrected chi connectivity index (χ2v) is 9.34. The van der Waals surface area contributed by atoms with Crippen molar-refractivity contribution in [3.63, 3.8) is 0 Å². The number of carboxylic acid groups (broad SMARTS) is 1. The van der Waals surface area contributed by atoms with Crippen LogP contribution < -0.4 is 4.72 Å². The Morgan fingerprint density at radius 3 is 2.57 bits per heavy atom. The van der Waals surface area contributed by atoms with Crippen LogP contribution in [-0.4, -0.2) is 43.7 Å². The van der Waals surface area contributed by atoms with E-state index in [1.165, 1.54) is 11.0 Å². The molecule has 2 N–H and O–H groups in total. The maximum Gasteiger partial charge on any atom is 0.335 e. The predicted octanol–water partition coefficient (Wildman–Crippen LogP) is 3.45. The predicted molar refractivity (Wildman–Crippen MR) is 108 cm³/mol. The molecule has 2 aromatic rings. The van der Waals surface area contributed by atoms with Crippen molar-refractivity contribution in [3.8, 4) is 0 Å². The molecule has 148 valence electrons. The summed E-state index contributed by atoms with van der Waals surface area (Å²) in [6, 6.07) is 9.29. The molecule has 0 spiro atoms. The molecule has 0 atom stereocenters. The third-order valence-electron chi connectivity index (χ3n) is 4.37. The Hall–Kier alpha value is -2.52. The molecule has 0 radical (unpaired) electrons. The van der Waals surface area contributed by atoms with Gasteiger partial charge in [0.15, 0.2) is 0 Å². The number of hydrogen-bond donors (Lipinski definition) is 2. The van der Waals surface area contributed by atoms with Gasteiger partial charge >= 0.3 is 5.97 Å². The van der Waals surface area contributed by atoms with Crippen LogP contribution in [0.2, 0.25) is 0 Å². The Morgan fingerprint density at radius 1 is 1.14 bits per heavy atom. The van der Waals surface area contributed by atoms with E-state index in [4.69, 9.17) is 0 Å². The SMILES string of the molecule is CN(C)C(=O)Sc1cccc(NS(=O)(=O)c2cc(C(=O)O)cc3c2CCC3)c1. The number of rotatable bonds is 5. The molecule has 0 heterocycles. The van der Waals surface area contributed by atoms with Gasteiger partial charge in [-0.25, -0.2) is 13.2 Å². The number of anilines is 1. The van der Waals surface area contributed by atoms with Crippen molar-refractivity contribution in [2.75, 3.05) is 18.8 Å². The molecule has 3 rings (SSSR count). The molecule has 0 saturated carbocycles. The molecule has 1 aliphatic rings. The summed E-state index contributed by atoms with van der Waals surface area (Å²) in [6.45, 7) is 0. The van der Waals surface area contributed by atoms with Gasteiger partial charge in [-0.3, -0.25) is 9.52 Å². The first-order valence-electron chi connectivity index (χ1n) is 8.58. The Morgan fingerprint density at radius 2 is 1.89 bits per heavy atom. The second-order valence-electron chi connectivity index (χ2n) is 6.67. The van der Waals surface area contributed by atoms with Gasteiger partial charge < -0.3 is 10.0 Å². The number of nitrogens with one attached hydrogen (secondary N) is 1. The van der Waals surface area contributed by atoms with Crippen LogP contribution in [0.3, 0.4) is 0 Å². The molecular weight excluding hydrogens is 400 g/mol. The number of benzene rings is 2. The van der Waals surface area contributed by atoms with Gasteiger partial charge in [-0.05, 0) is 72.5 Å². The lowest BCUT2D eigenvalue weighted by Gasteiger charge is -2.14. The standard InChI is InChI=1S/C19H20N2O5S2/c1-21(2)19(24)27-15-7-4-6-14(11-15)20-28(25,26)17-10-13(18(22)23)9-12-5-3-8-16(12)17/h4,6-7,9-11,20H,3,5,8H2,1-2H3,(H,22,23). The molecule has 0 aromatic heterocycles. The number of carbonyl (C=O) groups is 2. The van der Waals surface area contributed by atoms with Gasteiger partial charge in [0.1, 0.15) is 0 Å². The first-order valence-corrected chi connectivity index (χ1v) is 10.9. The molecular formula is C19H20N2O5S2. The number of thioether (sulfide) groups is 1. The van der Waals surface area contributed by atoms with Crippen LogP contribution in [0.4, 0.5) is 10.5 Å². The quantitative estimate of drug-likeness (QED) is 0.718. The number of sulfonamides is 1. The third-order valence-corrected chi connectivity index (χ3v) is 6.84. The second kappa shape index (κ2) is 7.84. The Kier molecular flexibility index (Phi) is 5.66. The monoisotopic (exact) mass is 420 g/mol. The molecule has 7 nitrogen and oxygen atoms in total. The van der Waals surface area contributed by atoms with Crippen LogP contribution in [0.5, 0.6) is 0 Å². The molecule has 1 aliphatic carbocycles. The molecule has 2 aromatic carbocycles.